The first kappa shape index (κ1) is 14.2. The lowest BCUT2D eigenvalue weighted by molar-refractivity contribution is -0.124. The van der Waals surface area contributed by atoms with Gasteiger partial charge in [0.1, 0.15) is 0 Å². The van der Waals surface area contributed by atoms with Gasteiger partial charge in [0.05, 0.1) is 0 Å². The van der Waals surface area contributed by atoms with E-state index in [9.17, 15) is 9.36 Å². The zero-order chi connectivity index (χ0) is 11.7. The molecule has 0 saturated heterocycles. The van der Waals surface area contributed by atoms with Gasteiger partial charge in [0.2, 0.25) is 0 Å². The maximum atomic E-state index is 11.3. The van der Waals surface area contributed by atoms with Crippen LogP contribution in [0, 0.1) is 17.8 Å². The van der Waals surface area contributed by atoms with E-state index in [1.807, 2.05) is 6.92 Å². The van der Waals surface area contributed by atoms with Gasteiger partial charge in [-0.25, -0.2) is 0 Å². The number of unbranched alkanes of at least 4 members (excludes halogenated alkanes) is 1. The van der Waals surface area contributed by atoms with Gasteiger partial charge in [-0.05, 0) is 6.42 Å². The van der Waals surface area contributed by atoms with Crippen LogP contribution in [0.25, 0.3) is 0 Å². The summed E-state index contributed by atoms with van der Waals surface area (Å²) in [7, 11) is -2.68. The second-order valence-corrected chi connectivity index (χ2v) is 3.92. The third-order valence-corrected chi connectivity index (χ3v) is 2.13. The van der Waals surface area contributed by atoms with Crippen molar-refractivity contribution in [1.29, 1.82) is 0 Å². The van der Waals surface area contributed by atoms with E-state index in [2.05, 4.69) is 16.4 Å². The summed E-state index contributed by atoms with van der Waals surface area (Å²) >= 11 is 0. The average Bonchev–Trinajstić information content (AvgIpc) is 2.20. The molecule has 0 heterocycles. The molecule has 0 aromatic rings. The summed E-state index contributed by atoms with van der Waals surface area (Å²) in [6.45, 7) is 3.45. The molecule has 0 aliphatic heterocycles. The van der Waals surface area contributed by atoms with Crippen LogP contribution < -0.4 is 0 Å². The first-order chi connectivity index (χ1) is 7.07. The van der Waals surface area contributed by atoms with E-state index in [-0.39, 0.29) is 18.3 Å². The summed E-state index contributed by atoms with van der Waals surface area (Å²) in [5.41, 5.74) is 0. The minimum atomic E-state index is -2.68. The van der Waals surface area contributed by atoms with Gasteiger partial charge < -0.3 is 0 Å². The molecule has 0 fully saturated rings. The minimum Gasteiger partial charge on any atom is -0.297 e. The second kappa shape index (κ2) is 8.55. The lowest BCUT2D eigenvalue weighted by Crippen LogP contribution is -2.15. The molecule has 0 bridgehead atoms. The van der Waals surface area contributed by atoms with Gasteiger partial charge in [-0.1, -0.05) is 13.8 Å². The van der Waals surface area contributed by atoms with Crippen molar-refractivity contribution in [3.63, 3.8) is 0 Å². The summed E-state index contributed by atoms with van der Waals surface area (Å²) in [5, 5.41) is 0. The minimum absolute atomic E-state index is 0.196. The Morgan fingerprint density at radius 3 is 2.73 bits per heavy atom. The van der Waals surface area contributed by atoms with Crippen molar-refractivity contribution in [3.8, 4) is 11.8 Å². The molecule has 0 radical (unpaired) electrons. The van der Waals surface area contributed by atoms with Crippen LogP contribution in [0.15, 0.2) is 0 Å². The molecule has 4 nitrogen and oxygen atoms in total. The van der Waals surface area contributed by atoms with E-state index in [1.165, 1.54) is 0 Å². The SMILES string of the molecule is CCCC#CCC(C)C(=O)CO[P+](=O)O. The molecule has 2 unspecified atom stereocenters. The monoisotopic (exact) mass is 231 g/mol. The van der Waals surface area contributed by atoms with Crippen LogP contribution in [0.3, 0.4) is 0 Å². The smallest absolute Gasteiger partial charge is 0.297 e. The zero-order valence-corrected chi connectivity index (χ0v) is 9.92. The Morgan fingerprint density at radius 2 is 2.20 bits per heavy atom. The topological polar surface area (TPSA) is 63.6 Å². The molecule has 0 aromatic carbocycles. The molecule has 84 valence electrons. The maximum Gasteiger partial charge on any atom is 0.695 e. The van der Waals surface area contributed by atoms with E-state index >= 15 is 0 Å². The summed E-state index contributed by atoms with van der Waals surface area (Å²) in [5.74, 6) is 5.39. The highest BCUT2D eigenvalue weighted by molar-refractivity contribution is 7.32. The normalized spacial score (nSPS) is 12.6. The predicted molar refractivity (Wildman–Crippen MR) is 57.2 cm³/mol. The fourth-order valence-corrected chi connectivity index (χ4v) is 1.05. The van der Waals surface area contributed by atoms with Gasteiger partial charge in [-0.3, -0.25) is 4.79 Å². The lowest BCUT2D eigenvalue weighted by atomic mass is 10.0. The fourth-order valence-electron chi connectivity index (χ4n) is 0.814. The molecule has 2 atom stereocenters. The number of ketones is 1. The van der Waals surface area contributed by atoms with E-state index < -0.39 is 8.25 Å². The quantitative estimate of drug-likeness (QED) is 0.561. The number of carbonyl (C=O) groups excluding carboxylic acids is 1. The first-order valence-corrected chi connectivity index (χ1v) is 5.98. The highest BCUT2D eigenvalue weighted by Gasteiger charge is 2.19. The van der Waals surface area contributed by atoms with Crippen molar-refractivity contribution in [2.24, 2.45) is 5.92 Å². The Balaban J connectivity index is 3.80. The number of carbonyl (C=O) groups is 1. The summed E-state index contributed by atoms with van der Waals surface area (Å²) in [6, 6.07) is 0. The number of hydrogen-bond donors (Lipinski definition) is 1. The highest BCUT2D eigenvalue weighted by atomic mass is 31.1. The number of rotatable bonds is 6. The molecule has 0 aliphatic carbocycles. The van der Waals surface area contributed by atoms with Crippen LogP contribution in [-0.4, -0.2) is 17.3 Å². The average molecular weight is 231 g/mol. The van der Waals surface area contributed by atoms with Crippen LogP contribution in [0.5, 0.6) is 0 Å². The molecule has 0 amide bonds. The van der Waals surface area contributed by atoms with E-state index in [1.54, 1.807) is 6.92 Å². The molecule has 0 aromatic heterocycles. The van der Waals surface area contributed by atoms with E-state index in [0.29, 0.717) is 6.42 Å². The molecule has 0 spiro atoms. The summed E-state index contributed by atoms with van der Waals surface area (Å²) in [4.78, 5) is 19.6. The Kier molecular flexibility index (Phi) is 8.12. The van der Waals surface area contributed by atoms with Gasteiger partial charge in [0.25, 0.3) is 0 Å². The van der Waals surface area contributed by atoms with Crippen molar-refractivity contribution >= 4 is 14.0 Å². The van der Waals surface area contributed by atoms with Crippen molar-refractivity contribution < 1.29 is 18.8 Å². The molecular weight excluding hydrogens is 215 g/mol. The second-order valence-electron chi connectivity index (χ2n) is 3.19. The van der Waals surface area contributed by atoms with Gasteiger partial charge in [0.15, 0.2) is 12.4 Å². The van der Waals surface area contributed by atoms with Gasteiger partial charge >= 0.3 is 8.25 Å². The first-order valence-electron chi connectivity index (χ1n) is 4.85. The standard InChI is InChI=1S/C10H15O4P/c1-3-4-5-6-7-9(2)10(11)8-14-15(12)13/h9H,3-4,7-8H2,1-2H3/p+1. The van der Waals surface area contributed by atoms with Crippen molar-refractivity contribution in [2.45, 2.75) is 33.1 Å². The Morgan fingerprint density at radius 1 is 1.53 bits per heavy atom. The number of Topliss-reactive ketones (excluding diaryl/α,β-unsaturated/α-hetero) is 1. The van der Waals surface area contributed by atoms with Gasteiger partial charge in [-0.15, -0.1) is 21.3 Å². The molecule has 0 saturated carbocycles. The third-order valence-electron chi connectivity index (χ3n) is 1.78. The van der Waals surface area contributed by atoms with Gasteiger partial charge in [-0.2, -0.15) is 0 Å². The van der Waals surface area contributed by atoms with Crippen molar-refractivity contribution in [1.82, 2.24) is 0 Å². The largest absolute Gasteiger partial charge is 0.695 e. The van der Waals surface area contributed by atoms with Crippen LogP contribution in [-0.2, 0) is 13.9 Å². The Bertz CT molecular complexity index is 277. The van der Waals surface area contributed by atoms with Crippen LogP contribution >= 0.6 is 8.25 Å². The maximum absolute atomic E-state index is 11.3. The Hall–Kier alpha value is -0.750. The third kappa shape index (κ3) is 8.26. The lowest BCUT2D eigenvalue weighted by Gasteiger charge is -2.01. The Labute approximate surface area is 91.0 Å². The highest BCUT2D eigenvalue weighted by Crippen LogP contribution is 2.15. The van der Waals surface area contributed by atoms with Crippen molar-refractivity contribution in [3.05, 3.63) is 0 Å². The van der Waals surface area contributed by atoms with Crippen molar-refractivity contribution in [2.75, 3.05) is 6.61 Å². The predicted octanol–water partition coefficient (Wildman–Crippen LogP) is 2.05. The van der Waals surface area contributed by atoms with Crippen LogP contribution in [0.4, 0.5) is 0 Å². The molecule has 15 heavy (non-hydrogen) atoms. The summed E-state index contributed by atoms with van der Waals surface area (Å²) in [6.07, 6.45) is 2.31. The molecule has 0 aliphatic rings. The molecule has 1 N–H and O–H groups in total. The fraction of sp³-hybridized carbons (Fsp3) is 0.700. The van der Waals surface area contributed by atoms with Crippen LogP contribution in [0.2, 0.25) is 0 Å². The van der Waals surface area contributed by atoms with E-state index in [0.717, 1.165) is 12.8 Å². The zero-order valence-electron chi connectivity index (χ0n) is 9.02. The molecular formula is C10H16O4P+. The number of hydrogen-bond acceptors (Lipinski definition) is 3. The molecule has 5 heteroatoms. The molecule has 0 rings (SSSR count). The summed E-state index contributed by atoms with van der Waals surface area (Å²) < 4.78 is 14.5. The van der Waals surface area contributed by atoms with E-state index in [4.69, 9.17) is 4.89 Å². The van der Waals surface area contributed by atoms with Gasteiger partial charge in [0, 0.05) is 23.3 Å². The van der Waals surface area contributed by atoms with Crippen LogP contribution in [0.1, 0.15) is 33.1 Å².